The van der Waals surface area contributed by atoms with E-state index in [9.17, 15) is 14.0 Å². The molecule has 3 aromatic rings. The first-order valence-corrected chi connectivity index (χ1v) is 9.05. The number of aromatic amines is 1. The van der Waals surface area contributed by atoms with Crippen LogP contribution < -0.4 is 5.32 Å². The van der Waals surface area contributed by atoms with Crippen molar-refractivity contribution >= 4 is 28.4 Å². The highest BCUT2D eigenvalue weighted by Crippen LogP contribution is 2.43. The van der Waals surface area contributed by atoms with Gasteiger partial charge in [-0.2, -0.15) is 0 Å². The van der Waals surface area contributed by atoms with Crippen LogP contribution in [0.2, 0.25) is 0 Å². The first kappa shape index (κ1) is 16.1. The van der Waals surface area contributed by atoms with Gasteiger partial charge in [0.15, 0.2) is 0 Å². The topological polar surface area (TPSA) is 65.2 Å². The fraction of sp³-hybridized carbons (Fsp3) is 0.238. The van der Waals surface area contributed by atoms with Crippen molar-refractivity contribution in [3.8, 4) is 0 Å². The molecular weight excluding hydrogens is 345 g/mol. The number of hydrogen-bond acceptors (Lipinski definition) is 2. The Morgan fingerprint density at radius 3 is 2.89 bits per heavy atom. The van der Waals surface area contributed by atoms with Gasteiger partial charge in [0, 0.05) is 29.7 Å². The molecule has 1 spiro atoms. The van der Waals surface area contributed by atoms with Crippen LogP contribution >= 0.6 is 0 Å². The number of amides is 2. The molecule has 0 bridgehead atoms. The van der Waals surface area contributed by atoms with Crippen LogP contribution in [0.4, 0.5) is 10.1 Å². The average Bonchev–Trinajstić information content (AvgIpc) is 3.21. The molecule has 1 saturated heterocycles. The Kier molecular flexibility index (Phi) is 3.37. The summed E-state index contributed by atoms with van der Waals surface area (Å²) in [6.45, 7) is 0.943. The van der Waals surface area contributed by atoms with Crippen molar-refractivity contribution in [2.75, 3.05) is 18.4 Å². The number of hydrogen-bond donors (Lipinski definition) is 2. The second kappa shape index (κ2) is 5.67. The summed E-state index contributed by atoms with van der Waals surface area (Å²) in [5.74, 6) is -0.542. The Labute approximate surface area is 155 Å². The molecule has 5 rings (SSSR count). The van der Waals surface area contributed by atoms with E-state index >= 15 is 0 Å². The number of anilines is 1. The maximum absolute atomic E-state index is 13.4. The molecule has 2 aliphatic heterocycles. The van der Waals surface area contributed by atoms with Crippen molar-refractivity contribution in [2.24, 2.45) is 0 Å². The normalized spacial score (nSPS) is 21.5. The number of piperidine rings is 1. The minimum atomic E-state index is -0.692. The van der Waals surface area contributed by atoms with Gasteiger partial charge in [0.25, 0.3) is 5.91 Å². The molecule has 136 valence electrons. The van der Waals surface area contributed by atoms with Gasteiger partial charge in [-0.1, -0.05) is 18.2 Å². The van der Waals surface area contributed by atoms with E-state index in [1.807, 2.05) is 24.3 Å². The number of fused-ring (bicyclic) bond motifs is 3. The van der Waals surface area contributed by atoms with Crippen molar-refractivity contribution in [3.05, 3.63) is 65.6 Å². The molecule has 3 heterocycles. The first-order chi connectivity index (χ1) is 13.1. The number of likely N-dealkylation sites (tertiary alicyclic amines) is 1. The highest BCUT2D eigenvalue weighted by molar-refractivity contribution is 6.07. The van der Waals surface area contributed by atoms with Gasteiger partial charge in [-0.15, -0.1) is 0 Å². The molecule has 6 heteroatoms. The van der Waals surface area contributed by atoms with Gasteiger partial charge >= 0.3 is 0 Å². The number of aromatic nitrogens is 1. The molecule has 2 aromatic carbocycles. The molecule has 0 radical (unpaired) electrons. The molecule has 0 saturated carbocycles. The van der Waals surface area contributed by atoms with Crippen LogP contribution in [0.1, 0.15) is 28.9 Å². The maximum Gasteiger partial charge on any atom is 0.270 e. The lowest BCUT2D eigenvalue weighted by Gasteiger charge is -2.38. The highest BCUT2D eigenvalue weighted by atomic mass is 19.1. The van der Waals surface area contributed by atoms with E-state index in [0.29, 0.717) is 24.2 Å². The summed E-state index contributed by atoms with van der Waals surface area (Å²) in [6, 6.07) is 13.7. The lowest BCUT2D eigenvalue weighted by atomic mass is 9.75. The molecule has 2 N–H and O–H groups in total. The van der Waals surface area contributed by atoms with Crippen LogP contribution in [0.5, 0.6) is 0 Å². The number of carbonyl (C=O) groups is 2. The molecule has 2 aliphatic rings. The van der Waals surface area contributed by atoms with Crippen LogP contribution in [0.3, 0.4) is 0 Å². The number of rotatable bonds is 1. The van der Waals surface area contributed by atoms with Crippen LogP contribution in [-0.2, 0) is 10.2 Å². The summed E-state index contributed by atoms with van der Waals surface area (Å²) in [5, 5.41) is 3.62. The number of carbonyl (C=O) groups excluding carboxylic acids is 2. The Morgan fingerprint density at radius 2 is 2.00 bits per heavy atom. The Morgan fingerprint density at radius 1 is 1.15 bits per heavy atom. The van der Waals surface area contributed by atoms with Gasteiger partial charge in [0.2, 0.25) is 5.91 Å². The largest absolute Gasteiger partial charge is 0.351 e. The number of H-pyrrole nitrogens is 1. The number of benzene rings is 2. The van der Waals surface area contributed by atoms with E-state index in [-0.39, 0.29) is 17.6 Å². The van der Waals surface area contributed by atoms with Crippen molar-refractivity contribution in [3.63, 3.8) is 0 Å². The zero-order valence-corrected chi connectivity index (χ0v) is 14.6. The highest BCUT2D eigenvalue weighted by Gasteiger charge is 2.49. The maximum atomic E-state index is 13.4. The summed E-state index contributed by atoms with van der Waals surface area (Å²) < 4.78 is 13.4. The molecule has 1 fully saturated rings. The van der Waals surface area contributed by atoms with E-state index in [1.165, 1.54) is 12.1 Å². The van der Waals surface area contributed by atoms with Gasteiger partial charge in [0.1, 0.15) is 11.5 Å². The van der Waals surface area contributed by atoms with E-state index in [0.717, 1.165) is 29.6 Å². The zero-order valence-electron chi connectivity index (χ0n) is 14.6. The fourth-order valence-corrected chi connectivity index (χ4v) is 4.40. The molecule has 1 aromatic heterocycles. The minimum Gasteiger partial charge on any atom is -0.351 e. The third kappa shape index (κ3) is 2.36. The lowest BCUT2D eigenvalue weighted by molar-refractivity contribution is -0.122. The van der Waals surface area contributed by atoms with Gasteiger partial charge in [-0.05, 0) is 48.7 Å². The van der Waals surface area contributed by atoms with Gasteiger partial charge in [-0.3, -0.25) is 9.59 Å². The first-order valence-electron chi connectivity index (χ1n) is 9.05. The van der Waals surface area contributed by atoms with Crippen LogP contribution in [0.25, 0.3) is 10.9 Å². The number of para-hydroxylation sites is 1. The molecule has 27 heavy (non-hydrogen) atoms. The third-order valence-electron chi connectivity index (χ3n) is 5.72. The van der Waals surface area contributed by atoms with Gasteiger partial charge in [-0.25, -0.2) is 4.39 Å². The van der Waals surface area contributed by atoms with Crippen molar-refractivity contribution in [2.45, 2.75) is 18.3 Å². The summed E-state index contributed by atoms with van der Waals surface area (Å²) >= 11 is 0. The smallest absolute Gasteiger partial charge is 0.270 e. The van der Waals surface area contributed by atoms with Crippen LogP contribution in [0.15, 0.2) is 48.5 Å². The van der Waals surface area contributed by atoms with Crippen molar-refractivity contribution in [1.82, 2.24) is 9.88 Å². The average molecular weight is 363 g/mol. The second-order valence-electron chi connectivity index (χ2n) is 7.33. The van der Waals surface area contributed by atoms with E-state index < -0.39 is 5.41 Å². The van der Waals surface area contributed by atoms with Crippen molar-refractivity contribution < 1.29 is 14.0 Å². The third-order valence-corrected chi connectivity index (χ3v) is 5.72. The Balaban J connectivity index is 1.49. The Bertz CT molecular complexity index is 1090. The van der Waals surface area contributed by atoms with Crippen molar-refractivity contribution in [1.29, 1.82) is 0 Å². The summed E-state index contributed by atoms with van der Waals surface area (Å²) in [5.41, 5.74) is 2.24. The molecule has 1 atom stereocenters. The second-order valence-corrected chi connectivity index (χ2v) is 7.33. The minimum absolute atomic E-state index is 0.0417. The monoisotopic (exact) mass is 363 g/mol. The van der Waals surface area contributed by atoms with E-state index in [4.69, 9.17) is 0 Å². The molecule has 2 amide bonds. The quantitative estimate of drug-likeness (QED) is 0.696. The molecule has 5 nitrogen and oxygen atoms in total. The van der Waals surface area contributed by atoms with Crippen LogP contribution in [-0.4, -0.2) is 34.8 Å². The SMILES string of the molecule is O=C(c1cc2cc(F)ccc2[nH]1)N1CCC[C@]2(C1)C(=O)Nc1ccccc12. The summed E-state index contributed by atoms with van der Waals surface area (Å²) in [4.78, 5) is 30.7. The van der Waals surface area contributed by atoms with Gasteiger partial charge < -0.3 is 15.2 Å². The molecule has 0 unspecified atom stereocenters. The van der Waals surface area contributed by atoms with Gasteiger partial charge in [0.05, 0.1) is 5.41 Å². The Hall–Kier alpha value is -3.15. The molecule has 0 aliphatic carbocycles. The van der Waals surface area contributed by atoms with E-state index in [1.54, 1.807) is 17.0 Å². The predicted molar refractivity (Wildman–Crippen MR) is 100 cm³/mol. The number of halogens is 1. The summed E-state index contributed by atoms with van der Waals surface area (Å²) in [7, 11) is 0. The summed E-state index contributed by atoms with van der Waals surface area (Å²) in [6.07, 6.45) is 1.47. The van der Waals surface area contributed by atoms with E-state index in [2.05, 4.69) is 10.3 Å². The lowest BCUT2D eigenvalue weighted by Crippen LogP contribution is -2.51. The van der Waals surface area contributed by atoms with Crippen LogP contribution in [0, 0.1) is 5.82 Å². The zero-order chi connectivity index (χ0) is 18.6. The predicted octanol–water partition coefficient (Wildman–Crippen LogP) is 3.43. The number of nitrogens with one attached hydrogen (secondary N) is 2. The standard InChI is InChI=1S/C21H18FN3O2/c22-14-6-7-16-13(10-14)11-18(23-16)19(26)25-9-3-8-21(12-25)15-4-1-2-5-17(15)24-20(21)27/h1-2,4-7,10-11,23H,3,8-9,12H2,(H,24,27)/t21-/m1/s1. The molecular formula is C21H18FN3O2. The fourth-order valence-electron chi connectivity index (χ4n) is 4.40. The number of nitrogens with zero attached hydrogens (tertiary/aromatic N) is 1.